The van der Waals surface area contributed by atoms with Gasteiger partial charge in [-0.2, -0.15) is 9.59 Å². The molecule has 0 radical (unpaired) electrons. The summed E-state index contributed by atoms with van der Waals surface area (Å²) in [5.41, 5.74) is 8.45. The number of fused-ring (bicyclic) bond motifs is 1. The quantitative estimate of drug-likeness (QED) is 0.258. The summed E-state index contributed by atoms with van der Waals surface area (Å²) in [6.45, 7) is 7.10. The van der Waals surface area contributed by atoms with Gasteiger partial charge >= 0.3 is 6.15 Å². The van der Waals surface area contributed by atoms with Gasteiger partial charge in [0, 0.05) is 12.1 Å². The van der Waals surface area contributed by atoms with Gasteiger partial charge in [-0.15, -0.1) is 0 Å². The Morgan fingerprint density at radius 2 is 1.49 bits per heavy atom. The number of benzene rings is 4. The van der Waals surface area contributed by atoms with Crippen LogP contribution in [-0.2, 0) is 16.1 Å². The third-order valence-electron chi connectivity index (χ3n) is 6.72. The molecule has 0 unspecified atom stereocenters. The largest absolute Gasteiger partial charge is 0.373 e. The highest BCUT2D eigenvalue weighted by atomic mass is 16.2. The van der Waals surface area contributed by atoms with Gasteiger partial charge in [0.15, 0.2) is 0 Å². The fourth-order valence-electron chi connectivity index (χ4n) is 4.51. The molecule has 0 fully saturated rings. The number of carbonyl (C=O) groups is 1. The van der Waals surface area contributed by atoms with Crippen LogP contribution in [-0.4, -0.2) is 21.6 Å². The number of carbonyl (C=O) groups excluding carboxylic acids is 3. The van der Waals surface area contributed by atoms with Gasteiger partial charge in [-0.25, -0.2) is 4.98 Å². The Bertz CT molecular complexity index is 1580. The van der Waals surface area contributed by atoms with Crippen LogP contribution in [0.3, 0.4) is 0 Å². The van der Waals surface area contributed by atoms with E-state index in [2.05, 4.69) is 102 Å². The van der Waals surface area contributed by atoms with Crippen LogP contribution in [0, 0.1) is 0 Å². The number of aromatic nitrogens is 2. The average Bonchev–Trinajstić information content (AvgIpc) is 3.36. The Balaban J connectivity index is 0.00000112. The summed E-state index contributed by atoms with van der Waals surface area (Å²) in [6, 6.07) is 33.1. The lowest BCUT2D eigenvalue weighted by Crippen LogP contribution is -2.26. The van der Waals surface area contributed by atoms with Gasteiger partial charge in [-0.3, -0.25) is 4.79 Å². The molecule has 5 aromatic rings. The van der Waals surface area contributed by atoms with Gasteiger partial charge in [0.2, 0.25) is 0 Å². The topological polar surface area (TPSA) is 81.1 Å². The Hall–Kier alpha value is -4.80. The van der Waals surface area contributed by atoms with Crippen molar-refractivity contribution in [1.29, 1.82) is 0 Å². The van der Waals surface area contributed by atoms with Crippen LogP contribution in [0.5, 0.6) is 0 Å². The Morgan fingerprint density at radius 3 is 2.18 bits per heavy atom. The second-order valence-electron chi connectivity index (χ2n) is 9.74. The Morgan fingerprint density at radius 1 is 0.821 bits per heavy atom. The van der Waals surface area contributed by atoms with E-state index < -0.39 is 0 Å². The lowest BCUT2D eigenvalue weighted by molar-refractivity contribution is -0.191. The highest BCUT2D eigenvalue weighted by molar-refractivity contribution is 5.97. The van der Waals surface area contributed by atoms with E-state index in [1.54, 1.807) is 0 Å². The fraction of sp³-hybridized carbons (Fsp3) is 0.182. The van der Waals surface area contributed by atoms with Gasteiger partial charge in [0.25, 0.3) is 5.91 Å². The lowest BCUT2D eigenvalue weighted by atomic mass is 9.98. The van der Waals surface area contributed by atoms with Crippen molar-refractivity contribution in [2.75, 3.05) is 0 Å². The van der Waals surface area contributed by atoms with E-state index in [0.29, 0.717) is 11.5 Å². The average molecular weight is 518 g/mol. The summed E-state index contributed by atoms with van der Waals surface area (Å²) in [6.07, 6.45) is 2.09. The second-order valence-corrected chi connectivity index (χ2v) is 9.74. The number of hydrogen-bond acceptors (Lipinski definition) is 4. The van der Waals surface area contributed by atoms with E-state index in [9.17, 15) is 4.79 Å². The van der Waals surface area contributed by atoms with Gasteiger partial charge in [-0.05, 0) is 58.9 Å². The van der Waals surface area contributed by atoms with Crippen LogP contribution in [0.2, 0.25) is 0 Å². The van der Waals surface area contributed by atoms with E-state index in [4.69, 9.17) is 9.59 Å². The molecule has 39 heavy (non-hydrogen) atoms. The molecule has 0 spiro atoms. The maximum atomic E-state index is 13.0. The minimum absolute atomic E-state index is 0.0803. The molecule has 1 atom stereocenters. The normalized spacial score (nSPS) is 11.4. The maximum absolute atomic E-state index is 13.0. The van der Waals surface area contributed by atoms with E-state index in [1.807, 2.05) is 37.5 Å². The van der Waals surface area contributed by atoms with E-state index in [1.165, 1.54) is 22.3 Å². The third-order valence-corrected chi connectivity index (χ3v) is 6.72. The molecule has 1 amide bonds. The number of nitrogens with one attached hydrogen (secondary N) is 1. The molecule has 1 heterocycles. The van der Waals surface area contributed by atoms with Crippen LogP contribution >= 0.6 is 0 Å². The third kappa shape index (κ3) is 6.75. The van der Waals surface area contributed by atoms with Crippen LogP contribution in [0.1, 0.15) is 59.8 Å². The molecule has 0 aliphatic heterocycles. The molecule has 0 saturated carbocycles. The summed E-state index contributed by atoms with van der Waals surface area (Å²) in [5.74, 6) is 0.359. The molecule has 4 aromatic carbocycles. The summed E-state index contributed by atoms with van der Waals surface area (Å²) in [4.78, 5) is 33.8. The lowest BCUT2D eigenvalue weighted by Gasteiger charge is -2.16. The van der Waals surface area contributed by atoms with Gasteiger partial charge in [0.05, 0.1) is 23.4 Å². The van der Waals surface area contributed by atoms with Crippen molar-refractivity contribution in [1.82, 2.24) is 14.9 Å². The van der Waals surface area contributed by atoms with Gasteiger partial charge in [-0.1, -0.05) is 92.7 Å². The van der Waals surface area contributed by atoms with Crippen molar-refractivity contribution in [3.63, 3.8) is 0 Å². The van der Waals surface area contributed by atoms with E-state index in [-0.39, 0.29) is 18.1 Å². The molecule has 6 heteroatoms. The first-order valence-electron chi connectivity index (χ1n) is 12.9. The number of hydrogen-bond donors (Lipinski definition) is 1. The highest BCUT2D eigenvalue weighted by Gasteiger charge is 2.14. The van der Waals surface area contributed by atoms with Gasteiger partial charge < -0.3 is 9.88 Å². The molecule has 0 saturated heterocycles. The molecule has 1 N–H and O–H groups in total. The summed E-state index contributed by atoms with van der Waals surface area (Å²) in [7, 11) is 0. The molecular formula is C33H31N3O3. The zero-order chi connectivity index (χ0) is 27.8. The van der Waals surface area contributed by atoms with E-state index in [0.717, 1.165) is 23.1 Å². The molecule has 5 rings (SSSR count). The number of rotatable bonds is 7. The monoisotopic (exact) mass is 517 g/mol. The van der Waals surface area contributed by atoms with Crippen molar-refractivity contribution >= 4 is 23.1 Å². The smallest absolute Gasteiger partial charge is 0.346 e. The van der Waals surface area contributed by atoms with Crippen LogP contribution < -0.4 is 5.32 Å². The van der Waals surface area contributed by atoms with Crippen molar-refractivity contribution in [3.05, 3.63) is 126 Å². The van der Waals surface area contributed by atoms with Crippen LogP contribution in [0.4, 0.5) is 0 Å². The Labute approximate surface area is 228 Å². The minimum atomic E-state index is -0.0922. The van der Waals surface area contributed by atoms with E-state index >= 15 is 0 Å². The zero-order valence-corrected chi connectivity index (χ0v) is 22.3. The maximum Gasteiger partial charge on any atom is 0.373 e. The summed E-state index contributed by atoms with van der Waals surface area (Å²) in [5, 5.41) is 3.14. The predicted molar refractivity (Wildman–Crippen MR) is 152 cm³/mol. The van der Waals surface area contributed by atoms with Crippen molar-refractivity contribution in [2.45, 2.75) is 39.3 Å². The molecule has 196 valence electrons. The van der Waals surface area contributed by atoms with Crippen molar-refractivity contribution in [3.8, 4) is 11.1 Å². The van der Waals surface area contributed by atoms with Crippen LogP contribution in [0.25, 0.3) is 22.2 Å². The number of nitrogens with zero attached hydrogens (tertiary/aromatic N) is 2. The summed E-state index contributed by atoms with van der Waals surface area (Å²) < 4.78 is 2.12. The zero-order valence-electron chi connectivity index (χ0n) is 22.3. The Kier molecular flexibility index (Phi) is 8.82. The molecule has 0 aliphatic rings. The first kappa shape index (κ1) is 27.2. The predicted octanol–water partition coefficient (Wildman–Crippen LogP) is 6.78. The molecule has 6 nitrogen and oxygen atoms in total. The molecular weight excluding hydrogens is 486 g/mol. The standard InChI is InChI=1S/C32H31N3O.CO2/c1-22(2)27-10-7-11-28(18-27)23(3)34-32(36)29-16-17-31-30(19-29)33-21-35(31)20-24-12-14-26(15-13-24)25-8-5-4-6-9-25;2-1-3/h4-19,21-23H,20H2,1-3H3,(H,34,36);/t23-;/m0./s1. The van der Waals surface area contributed by atoms with Crippen molar-refractivity contribution < 1.29 is 14.4 Å². The molecule has 0 aliphatic carbocycles. The first-order valence-corrected chi connectivity index (χ1v) is 12.9. The number of amides is 1. The molecule has 1 aromatic heterocycles. The fourth-order valence-corrected chi connectivity index (χ4v) is 4.51. The van der Waals surface area contributed by atoms with Crippen molar-refractivity contribution in [2.24, 2.45) is 0 Å². The number of imidazole rings is 1. The summed E-state index contributed by atoms with van der Waals surface area (Å²) >= 11 is 0. The van der Waals surface area contributed by atoms with Crippen LogP contribution in [0.15, 0.2) is 103 Å². The van der Waals surface area contributed by atoms with Gasteiger partial charge in [0.1, 0.15) is 0 Å². The minimum Gasteiger partial charge on any atom is -0.346 e. The first-order chi connectivity index (χ1) is 18.9. The second kappa shape index (κ2) is 12.6. The highest BCUT2D eigenvalue weighted by Crippen LogP contribution is 2.23. The molecule has 0 bridgehead atoms. The SMILES string of the molecule is CC(C)c1cccc([C@H](C)NC(=O)c2ccc3c(c2)ncn3Cc2ccc(-c3ccccc3)cc2)c1.O=C=O.